The monoisotopic (exact) mass is 285 g/mol. The molecule has 21 heavy (non-hydrogen) atoms. The molecule has 2 aromatic rings. The van der Waals surface area contributed by atoms with E-state index in [2.05, 4.69) is 12.0 Å². The highest BCUT2D eigenvalue weighted by Gasteiger charge is 2.18. The zero-order chi connectivity index (χ0) is 15.2. The van der Waals surface area contributed by atoms with E-state index in [0.717, 1.165) is 18.5 Å². The Hall–Kier alpha value is -2.43. The SMILES string of the molecule is CCCCN(C(=O)c1ccc(=O)n(C)n1)c1ccccc1. The standard InChI is InChI=1S/C16H19N3O2/c1-3-4-12-19(13-8-6-5-7-9-13)16(21)14-10-11-15(20)18(2)17-14/h5-11H,3-4,12H2,1-2H3. The molecule has 0 saturated carbocycles. The maximum absolute atomic E-state index is 12.7. The molecule has 0 N–H and O–H groups in total. The molecule has 2 rings (SSSR count). The first kappa shape index (κ1) is 15.0. The predicted octanol–water partition coefficient (Wildman–Crippen LogP) is 2.23. The summed E-state index contributed by atoms with van der Waals surface area (Å²) < 4.78 is 1.18. The van der Waals surface area contributed by atoms with Gasteiger partial charge in [0.05, 0.1) is 0 Å². The number of unbranched alkanes of at least 4 members (excludes halogenated alkanes) is 1. The van der Waals surface area contributed by atoms with Gasteiger partial charge in [0.15, 0.2) is 0 Å². The van der Waals surface area contributed by atoms with Gasteiger partial charge in [-0.15, -0.1) is 0 Å². The molecule has 5 heteroatoms. The average molecular weight is 285 g/mol. The van der Waals surface area contributed by atoms with E-state index < -0.39 is 0 Å². The Labute approximate surface area is 123 Å². The van der Waals surface area contributed by atoms with Gasteiger partial charge in [-0.1, -0.05) is 31.5 Å². The van der Waals surface area contributed by atoms with Gasteiger partial charge in [-0.05, 0) is 24.6 Å². The van der Waals surface area contributed by atoms with Crippen LogP contribution in [-0.2, 0) is 7.05 Å². The molecule has 0 aliphatic rings. The quantitative estimate of drug-likeness (QED) is 0.846. The molecule has 110 valence electrons. The van der Waals surface area contributed by atoms with Gasteiger partial charge in [-0.25, -0.2) is 4.68 Å². The molecule has 0 bridgehead atoms. The van der Waals surface area contributed by atoms with Gasteiger partial charge in [-0.2, -0.15) is 5.10 Å². The van der Waals surface area contributed by atoms with Crippen molar-refractivity contribution in [2.75, 3.05) is 11.4 Å². The van der Waals surface area contributed by atoms with Crippen molar-refractivity contribution in [3.05, 3.63) is 58.5 Å². The van der Waals surface area contributed by atoms with Crippen molar-refractivity contribution in [1.29, 1.82) is 0 Å². The Morgan fingerprint density at radius 1 is 1.19 bits per heavy atom. The molecule has 1 aromatic heterocycles. The Bertz CT molecular complexity index is 665. The van der Waals surface area contributed by atoms with Crippen molar-refractivity contribution in [2.45, 2.75) is 19.8 Å². The predicted molar refractivity (Wildman–Crippen MR) is 82.5 cm³/mol. The first-order chi connectivity index (χ1) is 10.1. The number of para-hydroxylation sites is 1. The molecule has 0 atom stereocenters. The van der Waals surface area contributed by atoms with Crippen molar-refractivity contribution in [2.24, 2.45) is 7.05 Å². The largest absolute Gasteiger partial charge is 0.307 e. The lowest BCUT2D eigenvalue weighted by Gasteiger charge is -2.22. The highest BCUT2D eigenvalue weighted by atomic mass is 16.2. The molecule has 0 saturated heterocycles. The molecule has 0 aliphatic carbocycles. The maximum atomic E-state index is 12.7. The molecular weight excluding hydrogens is 266 g/mol. The van der Waals surface area contributed by atoms with Gasteiger partial charge < -0.3 is 4.90 Å². The van der Waals surface area contributed by atoms with E-state index in [-0.39, 0.29) is 17.2 Å². The van der Waals surface area contributed by atoms with Crippen LogP contribution in [0.3, 0.4) is 0 Å². The summed E-state index contributed by atoms with van der Waals surface area (Å²) in [5.41, 5.74) is 0.884. The highest BCUT2D eigenvalue weighted by molar-refractivity contribution is 6.04. The van der Waals surface area contributed by atoms with Gasteiger partial charge in [0.2, 0.25) is 0 Å². The van der Waals surface area contributed by atoms with Crippen LogP contribution in [0.5, 0.6) is 0 Å². The van der Waals surface area contributed by atoms with Crippen molar-refractivity contribution in [3.8, 4) is 0 Å². The first-order valence-electron chi connectivity index (χ1n) is 7.04. The summed E-state index contributed by atoms with van der Waals surface area (Å²) in [6.45, 7) is 2.71. The number of amides is 1. The summed E-state index contributed by atoms with van der Waals surface area (Å²) in [6, 6.07) is 12.3. The van der Waals surface area contributed by atoms with Crippen LogP contribution >= 0.6 is 0 Å². The molecule has 0 spiro atoms. The molecule has 1 heterocycles. The number of carbonyl (C=O) groups is 1. The summed E-state index contributed by atoms with van der Waals surface area (Å²) in [6.07, 6.45) is 1.91. The summed E-state index contributed by atoms with van der Waals surface area (Å²) in [4.78, 5) is 25.7. The third-order valence-electron chi connectivity index (χ3n) is 3.23. The molecule has 5 nitrogen and oxygen atoms in total. The number of rotatable bonds is 5. The number of carbonyl (C=O) groups excluding carboxylic acids is 1. The number of benzene rings is 1. The fourth-order valence-corrected chi connectivity index (χ4v) is 2.03. The third-order valence-corrected chi connectivity index (χ3v) is 3.23. The minimum absolute atomic E-state index is 0.190. The molecule has 0 radical (unpaired) electrons. The van der Waals surface area contributed by atoms with Crippen LogP contribution in [0.4, 0.5) is 5.69 Å². The van der Waals surface area contributed by atoms with E-state index in [1.54, 1.807) is 4.90 Å². The maximum Gasteiger partial charge on any atom is 0.278 e. The van der Waals surface area contributed by atoms with Crippen LogP contribution in [0.15, 0.2) is 47.3 Å². The average Bonchev–Trinajstić information content (AvgIpc) is 2.51. The van der Waals surface area contributed by atoms with Crippen molar-refractivity contribution in [1.82, 2.24) is 9.78 Å². The first-order valence-corrected chi connectivity index (χ1v) is 7.04. The Morgan fingerprint density at radius 2 is 1.90 bits per heavy atom. The van der Waals surface area contributed by atoms with Crippen molar-refractivity contribution < 1.29 is 4.79 Å². The molecule has 1 amide bonds. The van der Waals surface area contributed by atoms with Crippen LogP contribution in [0.1, 0.15) is 30.3 Å². The summed E-state index contributed by atoms with van der Waals surface area (Å²) >= 11 is 0. The van der Waals surface area contributed by atoms with E-state index in [1.807, 2.05) is 30.3 Å². The molecule has 0 fully saturated rings. The number of hydrogen-bond donors (Lipinski definition) is 0. The zero-order valence-corrected chi connectivity index (χ0v) is 12.3. The minimum atomic E-state index is -0.230. The summed E-state index contributed by atoms with van der Waals surface area (Å²) in [5.74, 6) is -0.190. The van der Waals surface area contributed by atoms with Crippen LogP contribution in [0.25, 0.3) is 0 Å². The summed E-state index contributed by atoms with van der Waals surface area (Å²) in [5, 5.41) is 4.04. The Kier molecular flexibility index (Phi) is 4.87. The Morgan fingerprint density at radius 3 is 2.52 bits per heavy atom. The van der Waals surface area contributed by atoms with Gasteiger partial charge in [0, 0.05) is 25.3 Å². The van der Waals surface area contributed by atoms with Gasteiger partial charge in [0.1, 0.15) is 5.69 Å². The Balaban J connectivity index is 2.33. The fraction of sp³-hybridized carbons (Fsp3) is 0.312. The van der Waals surface area contributed by atoms with Crippen molar-refractivity contribution in [3.63, 3.8) is 0 Å². The van der Waals surface area contributed by atoms with Crippen LogP contribution < -0.4 is 10.5 Å². The second-order valence-corrected chi connectivity index (χ2v) is 4.83. The van der Waals surface area contributed by atoms with Gasteiger partial charge >= 0.3 is 0 Å². The lowest BCUT2D eigenvalue weighted by molar-refractivity contribution is 0.0979. The molecule has 0 aliphatic heterocycles. The lowest BCUT2D eigenvalue weighted by Crippen LogP contribution is -2.34. The summed E-state index contributed by atoms with van der Waals surface area (Å²) in [7, 11) is 1.54. The van der Waals surface area contributed by atoms with E-state index in [0.29, 0.717) is 6.54 Å². The minimum Gasteiger partial charge on any atom is -0.307 e. The van der Waals surface area contributed by atoms with Crippen molar-refractivity contribution >= 4 is 11.6 Å². The fourth-order valence-electron chi connectivity index (χ4n) is 2.03. The van der Waals surface area contributed by atoms with E-state index in [4.69, 9.17) is 0 Å². The molecule has 1 aromatic carbocycles. The van der Waals surface area contributed by atoms with Gasteiger partial charge in [-0.3, -0.25) is 9.59 Å². The van der Waals surface area contributed by atoms with E-state index in [9.17, 15) is 9.59 Å². The smallest absolute Gasteiger partial charge is 0.278 e. The number of aryl methyl sites for hydroxylation is 1. The van der Waals surface area contributed by atoms with Gasteiger partial charge in [0.25, 0.3) is 11.5 Å². The van der Waals surface area contributed by atoms with Crippen LogP contribution in [0.2, 0.25) is 0 Å². The van der Waals surface area contributed by atoms with Crippen LogP contribution in [0, 0.1) is 0 Å². The second kappa shape index (κ2) is 6.83. The normalized spacial score (nSPS) is 10.4. The zero-order valence-electron chi connectivity index (χ0n) is 12.3. The number of anilines is 1. The molecule has 0 unspecified atom stereocenters. The van der Waals surface area contributed by atoms with E-state index >= 15 is 0 Å². The highest BCUT2D eigenvalue weighted by Crippen LogP contribution is 2.16. The lowest BCUT2D eigenvalue weighted by atomic mass is 10.2. The second-order valence-electron chi connectivity index (χ2n) is 4.83. The van der Waals surface area contributed by atoms with E-state index in [1.165, 1.54) is 23.9 Å². The number of hydrogen-bond acceptors (Lipinski definition) is 3. The number of aromatic nitrogens is 2. The topological polar surface area (TPSA) is 55.2 Å². The number of nitrogens with zero attached hydrogens (tertiary/aromatic N) is 3. The molecular formula is C16H19N3O2. The third kappa shape index (κ3) is 3.56. The van der Waals surface area contributed by atoms with Crippen LogP contribution in [-0.4, -0.2) is 22.2 Å².